The fourth-order valence-electron chi connectivity index (χ4n) is 3.53. The number of aliphatic hydroxyl groups excluding tert-OH is 1. The number of aromatic nitrogens is 1. The highest BCUT2D eigenvalue weighted by Gasteiger charge is 2.48. The molecular weight excluding hydrogens is 479 g/mol. The zero-order chi connectivity index (χ0) is 23.2. The zero-order valence-corrected chi connectivity index (χ0v) is 19.2. The van der Waals surface area contributed by atoms with E-state index in [0.29, 0.717) is 16.9 Å². The fraction of sp³-hybridized carbons (Fsp3) is 0.208. The highest BCUT2D eigenvalue weighted by molar-refractivity contribution is 9.10. The fourth-order valence-corrected chi connectivity index (χ4v) is 3.79. The normalized spacial score (nSPS) is 18.4. The van der Waals surface area contributed by atoms with E-state index >= 15 is 0 Å². The maximum absolute atomic E-state index is 13.6. The number of hydrogen-bond acceptors (Lipinski definition) is 5. The summed E-state index contributed by atoms with van der Waals surface area (Å²) in [5.41, 5.74) is 0.337. The van der Waals surface area contributed by atoms with Crippen LogP contribution in [-0.2, 0) is 15.0 Å². The molecule has 1 unspecified atom stereocenters. The van der Waals surface area contributed by atoms with Gasteiger partial charge in [0.15, 0.2) is 5.82 Å². The Morgan fingerprint density at radius 1 is 1.09 bits per heavy atom. The standard InChI is InChI=1S/C24H20BrFN2O4/c1-24(2,3)17-12-18(27-32-17)28-20(13-6-10-16(26)11-7-13)19(22(30)23(28)31)21(29)14-4-8-15(25)9-5-14/h4-12,20,29H,1-3H3. The average molecular weight is 499 g/mol. The van der Waals surface area contributed by atoms with Crippen molar-refractivity contribution in [2.24, 2.45) is 0 Å². The molecule has 1 aliphatic rings. The topological polar surface area (TPSA) is 83.6 Å². The number of hydrogen-bond donors (Lipinski definition) is 1. The first kappa shape index (κ1) is 22.0. The van der Waals surface area contributed by atoms with Gasteiger partial charge in [0.2, 0.25) is 0 Å². The van der Waals surface area contributed by atoms with Gasteiger partial charge in [0.25, 0.3) is 5.78 Å². The molecule has 1 N–H and O–H groups in total. The van der Waals surface area contributed by atoms with Crippen LogP contribution >= 0.6 is 15.9 Å². The molecule has 1 aromatic heterocycles. The second-order valence-corrected chi connectivity index (χ2v) is 9.44. The van der Waals surface area contributed by atoms with E-state index in [0.717, 1.165) is 4.47 Å². The molecule has 0 radical (unpaired) electrons. The van der Waals surface area contributed by atoms with E-state index < -0.39 is 23.5 Å². The Hall–Kier alpha value is -3.26. The van der Waals surface area contributed by atoms with E-state index in [-0.39, 0.29) is 22.6 Å². The summed E-state index contributed by atoms with van der Waals surface area (Å²) < 4.78 is 19.8. The quantitative estimate of drug-likeness (QED) is 0.292. The molecule has 1 amide bonds. The molecule has 3 aromatic rings. The zero-order valence-electron chi connectivity index (χ0n) is 17.6. The van der Waals surface area contributed by atoms with Crippen LogP contribution in [0.15, 0.2) is 69.2 Å². The summed E-state index contributed by atoms with van der Waals surface area (Å²) in [5, 5.41) is 15.0. The molecule has 4 rings (SSSR count). The van der Waals surface area contributed by atoms with Crippen LogP contribution in [-0.4, -0.2) is 22.0 Å². The van der Waals surface area contributed by atoms with E-state index in [4.69, 9.17) is 4.52 Å². The van der Waals surface area contributed by atoms with Gasteiger partial charge in [-0.2, -0.15) is 0 Å². The molecule has 0 aliphatic carbocycles. The first-order valence-electron chi connectivity index (χ1n) is 9.87. The molecule has 1 atom stereocenters. The van der Waals surface area contributed by atoms with Crippen molar-refractivity contribution in [3.05, 3.63) is 87.3 Å². The van der Waals surface area contributed by atoms with Crippen molar-refractivity contribution in [3.63, 3.8) is 0 Å². The van der Waals surface area contributed by atoms with E-state index in [1.165, 1.54) is 29.2 Å². The minimum atomic E-state index is -1.00. The predicted octanol–water partition coefficient (Wildman–Crippen LogP) is 5.50. The highest BCUT2D eigenvalue weighted by atomic mass is 79.9. The maximum Gasteiger partial charge on any atom is 0.301 e. The lowest BCUT2D eigenvalue weighted by molar-refractivity contribution is -0.132. The van der Waals surface area contributed by atoms with E-state index in [1.54, 1.807) is 30.3 Å². The number of anilines is 1. The van der Waals surface area contributed by atoms with Gasteiger partial charge in [-0.1, -0.05) is 66.1 Å². The van der Waals surface area contributed by atoms with E-state index in [1.807, 2.05) is 20.8 Å². The minimum absolute atomic E-state index is 0.107. The van der Waals surface area contributed by atoms with Crippen LogP contribution in [0.1, 0.15) is 43.7 Å². The van der Waals surface area contributed by atoms with Crippen molar-refractivity contribution < 1.29 is 23.6 Å². The number of nitrogens with zero attached hydrogens (tertiary/aromatic N) is 2. The Labute approximate surface area is 192 Å². The van der Waals surface area contributed by atoms with Gasteiger partial charge in [-0.05, 0) is 29.8 Å². The van der Waals surface area contributed by atoms with Gasteiger partial charge in [-0.3, -0.25) is 14.5 Å². The molecule has 2 heterocycles. The van der Waals surface area contributed by atoms with Crippen molar-refractivity contribution in [2.45, 2.75) is 32.2 Å². The van der Waals surface area contributed by atoms with Crippen molar-refractivity contribution in [1.29, 1.82) is 0 Å². The first-order valence-corrected chi connectivity index (χ1v) is 10.7. The number of carbonyl (C=O) groups excluding carboxylic acids is 2. The second kappa shape index (κ2) is 8.02. The minimum Gasteiger partial charge on any atom is -0.507 e. The Morgan fingerprint density at radius 2 is 1.72 bits per heavy atom. The maximum atomic E-state index is 13.6. The van der Waals surface area contributed by atoms with Gasteiger partial charge in [0.1, 0.15) is 17.3 Å². The molecule has 8 heteroatoms. The Morgan fingerprint density at radius 3 is 2.28 bits per heavy atom. The molecule has 0 saturated carbocycles. The van der Waals surface area contributed by atoms with Gasteiger partial charge in [-0.15, -0.1) is 0 Å². The number of ketones is 1. The van der Waals surface area contributed by atoms with Crippen molar-refractivity contribution in [2.75, 3.05) is 4.90 Å². The Kier molecular flexibility index (Phi) is 5.50. The third-order valence-electron chi connectivity index (χ3n) is 5.23. The largest absolute Gasteiger partial charge is 0.507 e. The summed E-state index contributed by atoms with van der Waals surface area (Å²) in [6.07, 6.45) is 0. The lowest BCUT2D eigenvalue weighted by Gasteiger charge is -2.23. The molecule has 0 spiro atoms. The molecule has 1 saturated heterocycles. The first-order chi connectivity index (χ1) is 15.1. The second-order valence-electron chi connectivity index (χ2n) is 8.53. The monoisotopic (exact) mass is 498 g/mol. The van der Waals surface area contributed by atoms with Crippen LogP contribution in [0.4, 0.5) is 10.2 Å². The van der Waals surface area contributed by atoms with Crippen molar-refractivity contribution in [1.82, 2.24) is 5.16 Å². The summed E-state index contributed by atoms with van der Waals surface area (Å²) in [4.78, 5) is 27.3. The van der Waals surface area contributed by atoms with Crippen molar-refractivity contribution >= 4 is 39.2 Å². The molecule has 2 aromatic carbocycles. The highest BCUT2D eigenvalue weighted by Crippen LogP contribution is 2.42. The summed E-state index contributed by atoms with van der Waals surface area (Å²) in [6, 6.07) is 12.7. The van der Waals surface area contributed by atoms with Gasteiger partial charge >= 0.3 is 5.91 Å². The molecule has 0 bridgehead atoms. The number of rotatable bonds is 3. The average Bonchev–Trinajstić information content (AvgIpc) is 3.32. The molecule has 1 aliphatic heterocycles. The summed E-state index contributed by atoms with van der Waals surface area (Å²) in [6.45, 7) is 5.78. The molecular formula is C24H20BrFN2O4. The number of aliphatic hydroxyl groups is 1. The number of halogens is 2. The molecule has 6 nitrogen and oxygen atoms in total. The molecule has 32 heavy (non-hydrogen) atoms. The smallest absolute Gasteiger partial charge is 0.301 e. The third kappa shape index (κ3) is 3.86. The predicted molar refractivity (Wildman–Crippen MR) is 121 cm³/mol. The molecule has 1 fully saturated rings. The SMILES string of the molecule is CC(C)(C)c1cc(N2C(=O)C(=O)C(=C(O)c3ccc(Br)cc3)C2c2ccc(F)cc2)no1. The van der Waals surface area contributed by atoms with E-state index in [2.05, 4.69) is 21.1 Å². The summed E-state index contributed by atoms with van der Waals surface area (Å²) in [7, 11) is 0. The van der Waals surface area contributed by atoms with Crippen LogP contribution in [0, 0.1) is 5.82 Å². The van der Waals surface area contributed by atoms with Gasteiger partial charge in [0.05, 0.1) is 11.6 Å². The Bertz CT molecular complexity index is 1220. The lowest BCUT2D eigenvalue weighted by Crippen LogP contribution is -2.29. The molecule has 164 valence electrons. The lowest BCUT2D eigenvalue weighted by atomic mass is 9.93. The van der Waals surface area contributed by atoms with Crippen LogP contribution in [0.2, 0.25) is 0 Å². The summed E-state index contributed by atoms with van der Waals surface area (Å²) in [5.74, 6) is -1.84. The van der Waals surface area contributed by atoms with Gasteiger partial charge < -0.3 is 9.63 Å². The van der Waals surface area contributed by atoms with Crippen LogP contribution in [0.25, 0.3) is 5.76 Å². The number of carbonyl (C=O) groups is 2. The summed E-state index contributed by atoms with van der Waals surface area (Å²) >= 11 is 3.33. The van der Waals surface area contributed by atoms with Crippen molar-refractivity contribution in [3.8, 4) is 0 Å². The number of benzene rings is 2. The number of amides is 1. The van der Waals surface area contributed by atoms with Crippen LogP contribution < -0.4 is 4.90 Å². The third-order valence-corrected chi connectivity index (χ3v) is 5.76. The van der Waals surface area contributed by atoms with Gasteiger partial charge in [0, 0.05) is 21.5 Å². The Balaban J connectivity index is 1.91. The van der Waals surface area contributed by atoms with Crippen LogP contribution in [0.3, 0.4) is 0 Å². The van der Waals surface area contributed by atoms with Gasteiger partial charge in [-0.25, -0.2) is 4.39 Å². The van der Waals surface area contributed by atoms with E-state index in [9.17, 15) is 19.1 Å². The van der Waals surface area contributed by atoms with Crippen LogP contribution in [0.5, 0.6) is 0 Å². The number of Topliss-reactive ketones (excluding diaryl/α,β-unsaturated/α-hetero) is 1.